The van der Waals surface area contributed by atoms with Crippen molar-refractivity contribution in [1.82, 2.24) is 10.2 Å². The molecule has 1 rings (SSSR count). The number of ether oxygens (including phenoxy) is 1. The number of benzene rings is 1. The van der Waals surface area contributed by atoms with Gasteiger partial charge in [0, 0.05) is 13.1 Å². The van der Waals surface area contributed by atoms with Crippen LogP contribution in [-0.4, -0.2) is 38.2 Å². The van der Waals surface area contributed by atoms with Crippen molar-refractivity contribution in [2.45, 2.75) is 33.2 Å². The first-order valence-electron chi connectivity index (χ1n) is 7.38. The highest BCUT2D eigenvalue weighted by Crippen LogP contribution is 2.12. The highest BCUT2D eigenvalue weighted by molar-refractivity contribution is 5.27. The summed E-state index contributed by atoms with van der Waals surface area (Å²) in [6.07, 6.45) is 2.41. The maximum absolute atomic E-state index is 5.80. The molecule has 1 aromatic rings. The fourth-order valence-electron chi connectivity index (χ4n) is 2.17. The molecule has 0 bridgehead atoms. The average Bonchev–Trinajstić information content (AvgIpc) is 2.41. The molecule has 0 aromatic heterocycles. The lowest BCUT2D eigenvalue weighted by Gasteiger charge is -2.20. The van der Waals surface area contributed by atoms with Gasteiger partial charge in [0.05, 0.1) is 0 Å². The van der Waals surface area contributed by atoms with Gasteiger partial charge in [0.1, 0.15) is 12.4 Å². The Hall–Kier alpha value is -1.06. The van der Waals surface area contributed by atoms with Gasteiger partial charge in [-0.2, -0.15) is 0 Å². The third-order valence-corrected chi connectivity index (χ3v) is 3.06. The van der Waals surface area contributed by atoms with E-state index in [1.807, 2.05) is 7.05 Å². The summed E-state index contributed by atoms with van der Waals surface area (Å²) in [5.41, 5.74) is 1.29. The molecule has 3 heteroatoms. The Bertz CT molecular complexity index is 318. The number of hydrogen-bond donors (Lipinski definition) is 1. The molecule has 3 nitrogen and oxygen atoms in total. The van der Waals surface area contributed by atoms with E-state index in [9.17, 15) is 0 Å². The lowest BCUT2D eigenvalue weighted by atomic mass is 10.2. The van der Waals surface area contributed by atoms with Crippen molar-refractivity contribution < 1.29 is 4.74 Å². The zero-order valence-electron chi connectivity index (χ0n) is 12.6. The molecule has 0 heterocycles. The van der Waals surface area contributed by atoms with Gasteiger partial charge in [0.25, 0.3) is 0 Å². The van der Waals surface area contributed by atoms with Gasteiger partial charge in [0.2, 0.25) is 0 Å². The van der Waals surface area contributed by atoms with Gasteiger partial charge in [-0.05, 0) is 50.7 Å². The largest absolute Gasteiger partial charge is 0.492 e. The van der Waals surface area contributed by atoms with E-state index in [4.69, 9.17) is 4.74 Å². The topological polar surface area (TPSA) is 24.5 Å². The molecule has 1 aromatic carbocycles. The first kappa shape index (κ1) is 16.0. The first-order chi connectivity index (χ1) is 9.30. The third kappa shape index (κ3) is 6.60. The summed E-state index contributed by atoms with van der Waals surface area (Å²) in [5.74, 6) is 0.966. The molecule has 19 heavy (non-hydrogen) atoms. The summed E-state index contributed by atoms with van der Waals surface area (Å²) < 4.78 is 5.80. The summed E-state index contributed by atoms with van der Waals surface area (Å²) in [4.78, 5) is 2.47. The summed E-state index contributed by atoms with van der Waals surface area (Å²) in [6.45, 7) is 9.47. The van der Waals surface area contributed by atoms with Gasteiger partial charge >= 0.3 is 0 Å². The fraction of sp³-hybridized carbons (Fsp3) is 0.625. The zero-order chi connectivity index (χ0) is 13.9. The molecule has 1 N–H and O–H groups in total. The smallest absolute Gasteiger partial charge is 0.119 e. The summed E-state index contributed by atoms with van der Waals surface area (Å²) in [7, 11) is 1.96. The van der Waals surface area contributed by atoms with Crippen LogP contribution < -0.4 is 10.1 Å². The normalized spacial score (nSPS) is 10.9. The second-order valence-corrected chi connectivity index (χ2v) is 4.86. The van der Waals surface area contributed by atoms with E-state index >= 15 is 0 Å². The van der Waals surface area contributed by atoms with Crippen molar-refractivity contribution in [2.75, 3.05) is 33.3 Å². The van der Waals surface area contributed by atoms with Crippen LogP contribution >= 0.6 is 0 Å². The van der Waals surface area contributed by atoms with Crippen molar-refractivity contribution in [3.05, 3.63) is 29.8 Å². The lowest BCUT2D eigenvalue weighted by molar-refractivity contribution is 0.209. The Balaban J connectivity index is 2.30. The van der Waals surface area contributed by atoms with Crippen LogP contribution in [0.2, 0.25) is 0 Å². The minimum absolute atomic E-state index is 0.769. The number of nitrogens with one attached hydrogen (secondary N) is 1. The SMILES string of the molecule is CCCN(CCC)CCOc1ccc(CNC)cc1. The standard InChI is InChI=1S/C16H28N2O/c1-4-10-18(11-5-2)12-13-19-16-8-6-15(7-9-16)14-17-3/h6-9,17H,4-5,10-14H2,1-3H3. The van der Waals surface area contributed by atoms with Gasteiger partial charge in [-0.1, -0.05) is 26.0 Å². The number of nitrogens with zero attached hydrogens (tertiary/aromatic N) is 1. The molecular weight excluding hydrogens is 236 g/mol. The Morgan fingerprint density at radius 2 is 1.63 bits per heavy atom. The van der Waals surface area contributed by atoms with Gasteiger partial charge in [-0.3, -0.25) is 4.90 Å². The third-order valence-electron chi connectivity index (χ3n) is 3.06. The van der Waals surface area contributed by atoms with Gasteiger partial charge in [-0.25, -0.2) is 0 Å². The van der Waals surface area contributed by atoms with Crippen LogP contribution in [-0.2, 0) is 6.54 Å². The molecule has 0 saturated heterocycles. The molecule has 0 aliphatic rings. The Morgan fingerprint density at radius 1 is 1.00 bits per heavy atom. The number of hydrogen-bond acceptors (Lipinski definition) is 3. The van der Waals surface area contributed by atoms with Gasteiger partial charge < -0.3 is 10.1 Å². The molecule has 0 aliphatic carbocycles. The monoisotopic (exact) mass is 264 g/mol. The predicted molar refractivity (Wildman–Crippen MR) is 81.7 cm³/mol. The summed E-state index contributed by atoms with van der Waals surface area (Å²) in [5, 5.41) is 3.14. The minimum atomic E-state index is 0.769. The van der Waals surface area contributed by atoms with Crippen LogP contribution in [0.5, 0.6) is 5.75 Å². The van der Waals surface area contributed by atoms with E-state index in [-0.39, 0.29) is 0 Å². The fourth-order valence-corrected chi connectivity index (χ4v) is 2.17. The van der Waals surface area contributed by atoms with Crippen LogP contribution in [0.25, 0.3) is 0 Å². The highest BCUT2D eigenvalue weighted by atomic mass is 16.5. The quantitative estimate of drug-likeness (QED) is 0.703. The van der Waals surface area contributed by atoms with Crippen molar-refractivity contribution in [2.24, 2.45) is 0 Å². The van der Waals surface area contributed by atoms with Crippen LogP contribution in [0.4, 0.5) is 0 Å². The molecule has 0 spiro atoms. The Morgan fingerprint density at radius 3 is 2.16 bits per heavy atom. The van der Waals surface area contributed by atoms with Crippen molar-refractivity contribution >= 4 is 0 Å². The van der Waals surface area contributed by atoms with E-state index in [1.54, 1.807) is 0 Å². The van der Waals surface area contributed by atoms with Crippen LogP contribution in [0.3, 0.4) is 0 Å². The van der Waals surface area contributed by atoms with E-state index in [0.29, 0.717) is 0 Å². The molecule has 0 fully saturated rings. The molecule has 0 saturated carbocycles. The molecule has 0 aliphatic heterocycles. The maximum atomic E-state index is 5.80. The van der Waals surface area contributed by atoms with Crippen LogP contribution in [0.15, 0.2) is 24.3 Å². The minimum Gasteiger partial charge on any atom is -0.492 e. The van der Waals surface area contributed by atoms with Crippen LogP contribution in [0.1, 0.15) is 32.3 Å². The first-order valence-corrected chi connectivity index (χ1v) is 7.38. The van der Waals surface area contributed by atoms with Crippen molar-refractivity contribution in [3.63, 3.8) is 0 Å². The average molecular weight is 264 g/mol. The van der Waals surface area contributed by atoms with E-state index in [1.165, 1.54) is 18.4 Å². The Labute approximate surface area is 118 Å². The molecule has 0 atom stereocenters. The van der Waals surface area contributed by atoms with E-state index < -0.39 is 0 Å². The van der Waals surface area contributed by atoms with Crippen LogP contribution in [0, 0.1) is 0 Å². The van der Waals surface area contributed by atoms with E-state index in [2.05, 4.69) is 48.3 Å². The summed E-state index contributed by atoms with van der Waals surface area (Å²) in [6, 6.07) is 8.33. The van der Waals surface area contributed by atoms with Gasteiger partial charge in [0.15, 0.2) is 0 Å². The molecule has 0 amide bonds. The Kier molecular flexibility index (Phi) is 8.26. The molecular formula is C16H28N2O. The van der Waals surface area contributed by atoms with Crippen molar-refractivity contribution in [1.29, 1.82) is 0 Å². The molecule has 0 unspecified atom stereocenters. The second kappa shape index (κ2) is 9.82. The molecule has 108 valence electrons. The maximum Gasteiger partial charge on any atom is 0.119 e. The summed E-state index contributed by atoms with van der Waals surface area (Å²) >= 11 is 0. The molecule has 0 radical (unpaired) electrons. The predicted octanol–water partition coefficient (Wildman–Crippen LogP) is 2.91. The zero-order valence-corrected chi connectivity index (χ0v) is 12.6. The van der Waals surface area contributed by atoms with E-state index in [0.717, 1.165) is 38.5 Å². The van der Waals surface area contributed by atoms with Crippen molar-refractivity contribution in [3.8, 4) is 5.75 Å². The second-order valence-electron chi connectivity index (χ2n) is 4.86. The lowest BCUT2D eigenvalue weighted by Crippen LogP contribution is -2.30. The van der Waals surface area contributed by atoms with Gasteiger partial charge in [-0.15, -0.1) is 0 Å². The highest BCUT2D eigenvalue weighted by Gasteiger charge is 2.02. The number of rotatable bonds is 10.